The molecule has 2 N–H and O–H groups in total. The average molecular weight is 562 g/mol. The Morgan fingerprint density at radius 2 is 1.13 bits per heavy atom. The summed E-state index contributed by atoms with van der Waals surface area (Å²) in [6, 6.07) is 14.9. The molecule has 0 unspecified atom stereocenters. The van der Waals surface area contributed by atoms with Gasteiger partial charge in [0, 0.05) is 50.8 Å². The molecule has 6 rings (SSSR count). The molecule has 2 heterocycles. The minimum atomic E-state index is -0.727. The topological polar surface area (TPSA) is 76.0 Å². The van der Waals surface area contributed by atoms with Crippen LogP contribution in [0.5, 0.6) is 0 Å². The second-order valence-corrected chi connectivity index (χ2v) is 10.9. The Kier molecular flexibility index (Phi) is 15.4. The summed E-state index contributed by atoms with van der Waals surface area (Å²) in [6.07, 6.45) is 9.68. The van der Waals surface area contributed by atoms with Crippen LogP contribution in [0, 0.1) is 11.8 Å². The molecule has 3 radical (unpaired) electrons. The van der Waals surface area contributed by atoms with Gasteiger partial charge in [0.25, 0.3) is 0 Å². The van der Waals surface area contributed by atoms with Crippen molar-refractivity contribution in [1.29, 1.82) is 0 Å². The van der Waals surface area contributed by atoms with Crippen molar-refractivity contribution in [3.63, 3.8) is 0 Å². The van der Waals surface area contributed by atoms with Crippen LogP contribution in [0.15, 0.2) is 48.5 Å². The molecule has 0 amide bonds. The molecule has 4 fully saturated rings. The lowest BCUT2D eigenvalue weighted by Gasteiger charge is -2.12. The number of hydrogen-bond donors (Lipinski definition) is 2. The third kappa shape index (κ3) is 12.1. The Morgan fingerprint density at radius 3 is 1.42 bits per heavy atom. The highest BCUT2D eigenvalue weighted by Crippen LogP contribution is 2.43. The van der Waals surface area contributed by atoms with Crippen LogP contribution in [0.4, 0.5) is 0 Å². The average Bonchev–Trinajstić information content (AvgIpc) is 3.76. The predicted molar refractivity (Wildman–Crippen MR) is 154 cm³/mol. The standard InChI is InChI=1S/C11H11ClO2.C11H13ClO.2C4H8O.B/c12-9-5-3-8(4-6-9)10(11(13)14)7-1-2-7;12-10-5-3-9(4-6-10)11(7-13)8-1-2-8;2*1-2-4-5-3-1;/h3-7,10H,1-2H2,(H,13,14);3-6,8,11,13H,1-2,7H2;2*1-4H2;/t10-;11-;;;/m11.../s1. The molecule has 0 spiro atoms. The summed E-state index contributed by atoms with van der Waals surface area (Å²) in [4.78, 5) is 11.0. The summed E-state index contributed by atoms with van der Waals surface area (Å²) >= 11 is 11.5. The van der Waals surface area contributed by atoms with Gasteiger partial charge in [-0.05, 0) is 98.6 Å². The van der Waals surface area contributed by atoms with Gasteiger partial charge in [-0.1, -0.05) is 47.5 Å². The number of aliphatic hydroxyl groups excluding tert-OH is 1. The third-order valence-corrected chi connectivity index (χ3v) is 7.43. The lowest BCUT2D eigenvalue weighted by atomic mass is 9.94. The second kappa shape index (κ2) is 17.9. The molecule has 38 heavy (non-hydrogen) atoms. The Hall–Kier alpha value is -1.57. The Bertz CT molecular complexity index is 884. The quantitative estimate of drug-likeness (QED) is 0.373. The fourth-order valence-electron chi connectivity index (χ4n) is 4.47. The lowest BCUT2D eigenvalue weighted by molar-refractivity contribution is -0.139. The number of ether oxygens (including phenoxy) is 2. The summed E-state index contributed by atoms with van der Waals surface area (Å²) in [5, 5.41) is 19.7. The highest BCUT2D eigenvalue weighted by Gasteiger charge is 2.37. The Balaban J connectivity index is 0.000000193. The molecule has 2 aliphatic heterocycles. The van der Waals surface area contributed by atoms with Crippen molar-refractivity contribution < 1.29 is 24.5 Å². The summed E-state index contributed by atoms with van der Waals surface area (Å²) in [7, 11) is 0. The van der Waals surface area contributed by atoms with Gasteiger partial charge in [-0.15, -0.1) is 0 Å². The summed E-state index contributed by atoms with van der Waals surface area (Å²) < 4.78 is 9.89. The van der Waals surface area contributed by atoms with E-state index in [4.69, 9.17) is 37.8 Å². The molecule has 2 aromatic rings. The number of carboxylic acids is 1. The van der Waals surface area contributed by atoms with Crippen LogP contribution >= 0.6 is 23.2 Å². The molecular weight excluding hydrogens is 522 g/mol. The molecule has 2 aliphatic carbocycles. The van der Waals surface area contributed by atoms with Crippen molar-refractivity contribution in [2.45, 2.75) is 63.2 Å². The van der Waals surface area contributed by atoms with Gasteiger partial charge in [0.15, 0.2) is 0 Å². The van der Waals surface area contributed by atoms with E-state index in [1.54, 1.807) is 24.3 Å². The van der Waals surface area contributed by atoms with E-state index in [-0.39, 0.29) is 20.9 Å². The molecule has 2 saturated carbocycles. The molecule has 0 aromatic heterocycles. The minimum absolute atomic E-state index is 0. The number of rotatable bonds is 6. The van der Waals surface area contributed by atoms with Crippen molar-refractivity contribution in [3.05, 3.63) is 69.7 Å². The fourth-order valence-corrected chi connectivity index (χ4v) is 4.72. The number of aliphatic carboxylic acids is 1. The van der Waals surface area contributed by atoms with Crippen LogP contribution in [0.1, 0.15) is 74.3 Å². The molecule has 207 valence electrons. The highest BCUT2D eigenvalue weighted by molar-refractivity contribution is 6.30. The summed E-state index contributed by atoms with van der Waals surface area (Å²) in [5.41, 5.74) is 2.08. The van der Waals surface area contributed by atoms with Gasteiger partial charge in [-0.2, -0.15) is 0 Å². The van der Waals surface area contributed by atoms with Gasteiger partial charge in [0.1, 0.15) is 0 Å². The van der Waals surface area contributed by atoms with E-state index < -0.39 is 5.97 Å². The zero-order chi connectivity index (χ0) is 26.5. The Morgan fingerprint density at radius 1 is 0.737 bits per heavy atom. The van der Waals surface area contributed by atoms with E-state index in [1.165, 1.54) is 44.1 Å². The normalized spacial score (nSPS) is 19.2. The fraction of sp³-hybridized carbons (Fsp3) is 0.567. The predicted octanol–water partition coefficient (Wildman–Crippen LogP) is 6.96. The zero-order valence-corrected chi connectivity index (χ0v) is 23.6. The third-order valence-electron chi connectivity index (χ3n) is 6.93. The first kappa shape index (κ1) is 32.6. The summed E-state index contributed by atoms with van der Waals surface area (Å²) in [5.74, 6) is 0.291. The van der Waals surface area contributed by atoms with Gasteiger partial charge in [0.05, 0.1) is 12.5 Å². The van der Waals surface area contributed by atoms with Gasteiger partial charge in [0.2, 0.25) is 0 Å². The number of benzene rings is 2. The lowest BCUT2D eigenvalue weighted by Crippen LogP contribution is -2.13. The van der Waals surface area contributed by atoms with Crippen LogP contribution in [-0.2, 0) is 14.3 Å². The SMILES string of the molecule is C1CCOC1.C1CCOC1.O=C(O)[C@@H](c1ccc(Cl)cc1)C1CC1.OC[C@@H](c1ccc(Cl)cc1)C1CC1.[B]. The number of carbonyl (C=O) groups is 1. The van der Waals surface area contributed by atoms with Gasteiger partial charge < -0.3 is 19.7 Å². The van der Waals surface area contributed by atoms with Crippen molar-refractivity contribution in [2.24, 2.45) is 11.8 Å². The molecule has 0 bridgehead atoms. The first-order valence-electron chi connectivity index (χ1n) is 13.5. The maximum Gasteiger partial charge on any atom is 0.311 e. The van der Waals surface area contributed by atoms with E-state index in [1.807, 2.05) is 24.3 Å². The van der Waals surface area contributed by atoms with Crippen molar-refractivity contribution in [2.75, 3.05) is 33.0 Å². The van der Waals surface area contributed by atoms with E-state index >= 15 is 0 Å². The van der Waals surface area contributed by atoms with Crippen molar-refractivity contribution in [1.82, 2.24) is 0 Å². The van der Waals surface area contributed by atoms with Crippen molar-refractivity contribution in [3.8, 4) is 0 Å². The number of halogens is 2. The smallest absolute Gasteiger partial charge is 0.311 e. The van der Waals surface area contributed by atoms with Crippen LogP contribution < -0.4 is 0 Å². The maximum atomic E-state index is 11.0. The monoisotopic (exact) mass is 561 g/mol. The number of hydrogen-bond acceptors (Lipinski definition) is 4. The number of aliphatic hydroxyl groups is 1. The Labute approximate surface area is 239 Å². The zero-order valence-electron chi connectivity index (χ0n) is 22.1. The van der Waals surface area contributed by atoms with Crippen molar-refractivity contribution >= 4 is 37.6 Å². The van der Waals surface area contributed by atoms with E-state index in [0.717, 1.165) is 49.9 Å². The molecule has 8 heteroatoms. The minimum Gasteiger partial charge on any atom is -0.481 e. The van der Waals surface area contributed by atoms with Crippen LogP contribution in [0.2, 0.25) is 10.0 Å². The van der Waals surface area contributed by atoms with E-state index in [2.05, 4.69) is 0 Å². The van der Waals surface area contributed by atoms with E-state index in [9.17, 15) is 9.90 Å². The second-order valence-electron chi connectivity index (χ2n) is 10.0. The number of carboxylic acid groups (broad SMARTS) is 1. The van der Waals surface area contributed by atoms with Gasteiger partial charge in [-0.25, -0.2) is 0 Å². The van der Waals surface area contributed by atoms with Gasteiger partial charge >= 0.3 is 5.97 Å². The van der Waals surface area contributed by atoms with Gasteiger partial charge in [-0.3, -0.25) is 4.79 Å². The maximum absolute atomic E-state index is 11.0. The van der Waals surface area contributed by atoms with E-state index in [0.29, 0.717) is 22.8 Å². The molecule has 2 saturated heterocycles. The molecule has 5 nitrogen and oxygen atoms in total. The molecular formula is C30H40BCl2O5. The van der Waals surface area contributed by atoms with Crippen LogP contribution in [0.25, 0.3) is 0 Å². The largest absolute Gasteiger partial charge is 0.481 e. The first-order valence-corrected chi connectivity index (χ1v) is 14.2. The summed E-state index contributed by atoms with van der Waals surface area (Å²) in [6.45, 7) is 4.26. The van der Waals surface area contributed by atoms with Crippen LogP contribution in [-0.4, -0.2) is 57.6 Å². The van der Waals surface area contributed by atoms with Crippen LogP contribution in [0.3, 0.4) is 0 Å². The first-order chi connectivity index (χ1) is 18.0. The highest BCUT2D eigenvalue weighted by atomic mass is 35.5. The molecule has 4 aliphatic rings. The molecule has 2 atom stereocenters. The molecule has 2 aromatic carbocycles.